The number of aromatic amines is 1. The number of hydrogen-bond acceptors (Lipinski definition) is 3. The average Bonchev–Trinajstić information content (AvgIpc) is 2.29. The highest BCUT2D eigenvalue weighted by Crippen LogP contribution is 2.08. The van der Waals surface area contributed by atoms with E-state index < -0.39 is 6.03 Å². The lowest BCUT2D eigenvalue weighted by Crippen LogP contribution is -2.25. The lowest BCUT2D eigenvalue weighted by molar-refractivity contribution is 0.249. The highest BCUT2D eigenvalue weighted by atomic mass is 16.2. The van der Waals surface area contributed by atoms with E-state index in [9.17, 15) is 9.59 Å². The lowest BCUT2D eigenvalue weighted by Gasteiger charge is -1.98. The fourth-order valence-corrected chi connectivity index (χ4v) is 1.43. The number of nitrogens with two attached hydrogens (primary N) is 1. The van der Waals surface area contributed by atoms with E-state index in [1.54, 1.807) is 12.1 Å². The smallest absolute Gasteiger partial charge is 0.332 e. The number of hydrazone groups is 1. The van der Waals surface area contributed by atoms with Crippen molar-refractivity contribution in [2.75, 3.05) is 0 Å². The number of aromatic nitrogens is 1. The number of hydrogen-bond donors (Lipinski definition) is 3. The summed E-state index contributed by atoms with van der Waals surface area (Å²) in [5.74, 6) is 0. The second-order valence-corrected chi connectivity index (χ2v) is 3.38. The van der Waals surface area contributed by atoms with Crippen LogP contribution in [0.1, 0.15) is 5.56 Å². The van der Waals surface area contributed by atoms with Gasteiger partial charge in [0.2, 0.25) is 0 Å². The zero-order chi connectivity index (χ0) is 12.3. The minimum absolute atomic E-state index is 0.279. The van der Waals surface area contributed by atoms with Gasteiger partial charge >= 0.3 is 6.03 Å². The number of urea groups is 1. The molecular weight excluding hydrogens is 220 g/mol. The number of benzene rings is 1. The Morgan fingerprint density at radius 1 is 1.41 bits per heavy atom. The zero-order valence-corrected chi connectivity index (χ0v) is 8.81. The molecule has 1 aromatic carbocycles. The van der Waals surface area contributed by atoms with E-state index in [-0.39, 0.29) is 5.56 Å². The van der Waals surface area contributed by atoms with E-state index in [0.717, 1.165) is 10.9 Å². The van der Waals surface area contributed by atoms with E-state index in [1.165, 1.54) is 6.21 Å². The van der Waals surface area contributed by atoms with Gasteiger partial charge in [0, 0.05) is 5.52 Å². The number of para-hydroxylation sites is 1. The molecule has 0 spiro atoms. The molecule has 0 aliphatic carbocycles. The van der Waals surface area contributed by atoms with Crippen molar-refractivity contribution in [3.05, 3.63) is 46.2 Å². The minimum atomic E-state index is -0.779. The zero-order valence-electron chi connectivity index (χ0n) is 8.81. The van der Waals surface area contributed by atoms with Crippen LogP contribution in [0.15, 0.2) is 40.2 Å². The van der Waals surface area contributed by atoms with Gasteiger partial charge in [-0.15, -0.1) is 0 Å². The van der Waals surface area contributed by atoms with Crippen LogP contribution < -0.4 is 16.7 Å². The van der Waals surface area contributed by atoms with Crippen molar-refractivity contribution in [2.24, 2.45) is 10.8 Å². The van der Waals surface area contributed by atoms with Gasteiger partial charge in [0.25, 0.3) is 5.56 Å². The lowest BCUT2D eigenvalue weighted by atomic mass is 10.2. The number of primary amides is 1. The first-order valence-electron chi connectivity index (χ1n) is 4.87. The molecule has 86 valence electrons. The van der Waals surface area contributed by atoms with Crippen molar-refractivity contribution in [3.63, 3.8) is 0 Å². The van der Waals surface area contributed by atoms with E-state index >= 15 is 0 Å². The van der Waals surface area contributed by atoms with Crippen LogP contribution in [0, 0.1) is 0 Å². The molecule has 0 bridgehead atoms. The molecule has 4 N–H and O–H groups in total. The summed E-state index contributed by atoms with van der Waals surface area (Å²) in [5, 5.41) is 4.42. The van der Waals surface area contributed by atoms with Gasteiger partial charge in [0.1, 0.15) is 0 Å². The molecule has 0 saturated carbocycles. The summed E-state index contributed by atoms with van der Waals surface area (Å²) in [7, 11) is 0. The van der Waals surface area contributed by atoms with Gasteiger partial charge in [-0.1, -0.05) is 18.2 Å². The number of carbonyl (C=O) groups excluding carboxylic acids is 1. The SMILES string of the molecule is NC(=O)N/N=C\c1cc2ccccc2[nH]c1=O. The topological polar surface area (TPSA) is 100 Å². The third-order valence-electron chi connectivity index (χ3n) is 2.16. The summed E-state index contributed by atoms with van der Waals surface area (Å²) >= 11 is 0. The standard InChI is InChI=1S/C11H10N4O2/c12-11(17)15-13-6-8-5-7-3-1-2-4-9(7)14-10(8)16/h1-6H,(H,14,16)(H3,12,15,17)/b13-6-. The molecule has 2 rings (SSSR count). The van der Waals surface area contributed by atoms with Crippen LogP contribution in [-0.4, -0.2) is 17.2 Å². The molecule has 1 aromatic heterocycles. The van der Waals surface area contributed by atoms with Crippen molar-refractivity contribution < 1.29 is 4.79 Å². The van der Waals surface area contributed by atoms with Gasteiger partial charge < -0.3 is 10.7 Å². The first kappa shape index (κ1) is 10.9. The number of nitrogens with zero attached hydrogens (tertiary/aromatic N) is 1. The fraction of sp³-hybridized carbons (Fsp3) is 0. The number of rotatable bonds is 2. The molecule has 6 heteroatoms. The normalized spacial score (nSPS) is 10.8. The van der Waals surface area contributed by atoms with Gasteiger partial charge in [0.15, 0.2) is 0 Å². The average molecular weight is 230 g/mol. The molecule has 0 radical (unpaired) electrons. The maximum absolute atomic E-state index is 11.6. The van der Waals surface area contributed by atoms with E-state index in [1.807, 2.05) is 23.6 Å². The van der Waals surface area contributed by atoms with Crippen LogP contribution in [-0.2, 0) is 0 Å². The first-order chi connectivity index (χ1) is 8.16. The molecule has 2 amide bonds. The maximum atomic E-state index is 11.6. The molecule has 2 aromatic rings. The summed E-state index contributed by atoms with van der Waals surface area (Å²) in [4.78, 5) is 24.7. The Balaban J connectivity index is 2.41. The Morgan fingerprint density at radius 3 is 2.94 bits per heavy atom. The van der Waals surface area contributed by atoms with Crippen LogP contribution in [0.5, 0.6) is 0 Å². The van der Waals surface area contributed by atoms with Gasteiger partial charge in [0.05, 0.1) is 11.8 Å². The van der Waals surface area contributed by atoms with Gasteiger partial charge in [-0.05, 0) is 17.5 Å². The number of fused-ring (bicyclic) bond motifs is 1. The first-order valence-corrected chi connectivity index (χ1v) is 4.87. The highest BCUT2D eigenvalue weighted by Gasteiger charge is 1.99. The monoisotopic (exact) mass is 230 g/mol. The predicted molar refractivity (Wildman–Crippen MR) is 64.9 cm³/mol. The summed E-state index contributed by atoms with van der Waals surface area (Å²) in [6.45, 7) is 0. The van der Waals surface area contributed by atoms with Crippen LogP contribution in [0.3, 0.4) is 0 Å². The number of carbonyl (C=O) groups is 1. The molecule has 0 aliphatic heterocycles. The van der Waals surface area contributed by atoms with Crippen molar-refractivity contribution >= 4 is 23.1 Å². The number of amides is 2. The Labute approximate surface area is 96.1 Å². The summed E-state index contributed by atoms with van der Waals surface area (Å²) < 4.78 is 0. The minimum Gasteiger partial charge on any atom is -0.350 e. The molecule has 17 heavy (non-hydrogen) atoms. The third-order valence-corrected chi connectivity index (χ3v) is 2.16. The maximum Gasteiger partial charge on any atom is 0.332 e. The number of nitrogens with one attached hydrogen (secondary N) is 2. The largest absolute Gasteiger partial charge is 0.350 e. The van der Waals surface area contributed by atoms with Crippen molar-refractivity contribution in [3.8, 4) is 0 Å². The van der Waals surface area contributed by atoms with E-state index in [2.05, 4.69) is 10.1 Å². The summed E-state index contributed by atoms with van der Waals surface area (Å²) in [6.07, 6.45) is 1.25. The van der Waals surface area contributed by atoms with Crippen molar-refractivity contribution in [1.29, 1.82) is 0 Å². The molecule has 6 nitrogen and oxygen atoms in total. The van der Waals surface area contributed by atoms with Crippen LogP contribution >= 0.6 is 0 Å². The fourth-order valence-electron chi connectivity index (χ4n) is 1.43. The summed E-state index contributed by atoms with van der Waals surface area (Å²) in [6, 6.07) is 8.27. The second-order valence-electron chi connectivity index (χ2n) is 3.38. The Kier molecular flexibility index (Phi) is 2.87. The molecule has 0 saturated heterocycles. The van der Waals surface area contributed by atoms with E-state index in [0.29, 0.717) is 5.56 Å². The molecule has 0 atom stereocenters. The third kappa shape index (κ3) is 2.49. The Hall–Kier alpha value is -2.63. The summed E-state index contributed by atoms with van der Waals surface area (Å²) in [5.41, 5.74) is 7.67. The molecular formula is C11H10N4O2. The molecule has 0 unspecified atom stereocenters. The van der Waals surface area contributed by atoms with Gasteiger partial charge in [-0.3, -0.25) is 4.79 Å². The number of pyridine rings is 1. The molecule has 1 heterocycles. The van der Waals surface area contributed by atoms with Crippen molar-refractivity contribution in [1.82, 2.24) is 10.4 Å². The Morgan fingerprint density at radius 2 is 2.18 bits per heavy atom. The van der Waals surface area contributed by atoms with Crippen molar-refractivity contribution in [2.45, 2.75) is 0 Å². The quantitative estimate of drug-likeness (QED) is 0.517. The molecule has 0 aliphatic rings. The van der Waals surface area contributed by atoms with Gasteiger partial charge in [-0.2, -0.15) is 5.10 Å². The Bertz CT molecular complexity index is 645. The van der Waals surface area contributed by atoms with E-state index in [4.69, 9.17) is 5.73 Å². The van der Waals surface area contributed by atoms with Crippen LogP contribution in [0.2, 0.25) is 0 Å². The van der Waals surface area contributed by atoms with Crippen LogP contribution in [0.25, 0.3) is 10.9 Å². The number of H-pyrrole nitrogens is 1. The highest BCUT2D eigenvalue weighted by molar-refractivity contribution is 5.88. The van der Waals surface area contributed by atoms with Gasteiger partial charge in [-0.25, -0.2) is 10.2 Å². The molecule has 0 fully saturated rings. The second kappa shape index (κ2) is 4.48. The van der Waals surface area contributed by atoms with Crippen LogP contribution in [0.4, 0.5) is 4.79 Å². The predicted octanol–water partition coefficient (Wildman–Crippen LogP) is 0.530.